The average molecular weight is 283 g/mol. The van der Waals surface area contributed by atoms with E-state index in [1.54, 1.807) is 25.1 Å². The molecule has 19 heavy (non-hydrogen) atoms. The molecule has 1 atom stereocenters. The van der Waals surface area contributed by atoms with Crippen molar-refractivity contribution < 1.29 is 13.9 Å². The molecule has 2 aromatic rings. The molecule has 1 N–H and O–H groups in total. The van der Waals surface area contributed by atoms with Crippen LogP contribution in [0, 0.1) is 18.6 Å². The van der Waals surface area contributed by atoms with Crippen molar-refractivity contribution in [3.8, 4) is 0 Å². The molecule has 100 valence electrons. The summed E-state index contributed by atoms with van der Waals surface area (Å²) < 4.78 is 27.5. The number of aryl methyl sites for hydroxylation is 1. The van der Waals surface area contributed by atoms with Gasteiger partial charge >= 0.3 is 0 Å². The van der Waals surface area contributed by atoms with E-state index in [1.807, 2.05) is 0 Å². The predicted molar refractivity (Wildman–Crippen MR) is 71.2 cm³/mol. The van der Waals surface area contributed by atoms with Crippen LogP contribution in [0.4, 0.5) is 8.78 Å². The predicted octanol–water partition coefficient (Wildman–Crippen LogP) is 4.20. The summed E-state index contributed by atoms with van der Waals surface area (Å²) in [5.74, 6) is -0.970. The molecular formula is C15H13ClF2O. The summed E-state index contributed by atoms with van der Waals surface area (Å²) in [5.41, 5.74) is 0.785. The standard InChI is InChI=1S/C15H13ClF2O/c1-9-4-2-5-10(15(9)18)14(19)8-11-12(16)6-3-7-13(11)17/h2-7,14,19H,8H2,1H3. The van der Waals surface area contributed by atoms with Crippen LogP contribution < -0.4 is 0 Å². The molecule has 0 aliphatic carbocycles. The van der Waals surface area contributed by atoms with Crippen LogP contribution in [0.25, 0.3) is 0 Å². The van der Waals surface area contributed by atoms with Crippen LogP contribution in [-0.2, 0) is 6.42 Å². The van der Waals surface area contributed by atoms with Crippen molar-refractivity contribution in [2.45, 2.75) is 19.4 Å². The lowest BCUT2D eigenvalue weighted by Gasteiger charge is -2.14. The summed E-state index contributed by atoms with van der Waals surface area (Å²) in [5, 5.41) is 10.3. The molecule has 1 unspecified atom stereocenters. The van der Waals surface area contributed by atoms with E-state index >= 15 is 0 Å². The lowest BCUT2D eigenvalue weighted by molar-refractivity contribution is 0.172. The van der Waals surface area contributed by atoms with Gasteiger partial charge in [-0.25, -0.2) is 8.78 Å². The van der Waals surface area contributed by atoms with Crippen molar-refractivity contribution in [2.75, 3.05) is 0 Å². The van der Waals surface area contributed by atoms with E-state index in [1.165, 1.54) is 18.2 Å². The fourth-order valence-electron chi connectivity index (χ4n) is 1.96. The minimum Gasteiger partial charge on any atom is -0.388 e. The van der Waals surface area contributed by atoms with Gasteiger partial charge in [0, 0.05) is 22.6 Å². The first-order valence-corrected chi connectivity index (χ1v) is 6.24. The van der Waals surface area contributed by atoms with Crippen molar-refractivity contribution in [3.63, 3.8) is 0 Å². The molecule has 2 aromatic carbocycles. The molecule has 0 saturated heterocycles. The monoisotopic (exact) mass is 282 g/mol. The Labute approximate surface area is 115 Å². The van der Waals surface area contributed by atoms with Gasteiger partial charge in [0.2, 0.25) is 0 Å². The van der Waals surface area contributed by atoms with Gasteiger partial charge in [0.1, 0.15) is 11.6 Å². The van der Waals surface area contributed by atoms with E-state index in [-0.39, 0.29) is 22.6 Å². The van der Waals surface area contributed by atoms with E-state index in [0.29, 0.717) is 5.56 Å². The summed E-state index contributed by atoms with van der Waals surface area (Å²) in [6, 6.07) is 9.05. The van der Waals surface area contributed by atoms with Crippen molar-refractivity contribution >= 4 is 11.6 Å². The Balaban J connectivity index is 2.31. The Hall–Kier alpha value is -1.45. The minimum absolute atomic E-state index is 0.0636. The van der Waals surface area contributed by atoms with E-state index in [4.69, 9.17) is 11.6 Å². The largest absolute Gasteiger partial charge is 0.388 e. The van der Waals surface area contributed by atoms with Crippen LogP contribution in [-0.4, -0.2) is 5.11 Å². The number of aliphatic hydroxyl groups excluding tert-OH is 1. The first-order valence-electron chi connectivity index (χ1n) is 5.86. The highest BCUT2D eigenvalue weighted by Gasteiger charge is 2.18. The highest BCUT2D eigenvalue weighted by atomic mass is 35.5. The fourth-order valence-corrected chi connectivity index (χ4v) is 2.20. The van der Waals surface area contributed by atoms with Gasteiger partial charge in [-0.3, -0.25) is 0 Å². The highest BCUT2D eigenvalue weighted by Crippen LogP contribution is 2.27. The Kier molecular flexibility index (Phi) is 4.17. The number of rotatable bonds is 3. The number of benzene rings is 2. The second kappa shape index (κ2) is 5.68. The van der Waals surface area contributed by atoms with Crippen LogP contribution in [0.3, 0.4) is 0 Å². The topological polar surface area (TPSA) is 20.2 Å². The van der Waals surface area contributed by atoms with Gasteiger partial charge in [-0.15, -0.1) is 0 Å². The van der Waals surface area contributed by atoms with Gasteiger partial charge in [0.25, 0.3) is 0 Å². The Bertz CT molecular complexity index is 578. The highest BCUT2D eigenvalue weighted by molar-refractivity contribution is 6.31. The first-order chi connectivity index (χ1) is 9.00. The lowest BCUT2D eigenvalue weighted by atomic mass is 9.99. The molecule has 0 amide bonds. The maximum atomic E-state index is 13.9. The zero-order chi connectivity index (χ0) is 14.0. The molecule has 0 aliphatic heterocycles. The fraction of sp³-hybridized carbons (Fsp3) is 0.200. The zero-order valence-electron chi connectivity index (χ0n) is 10.3. The van der Waals surface area contributed by atoms with Crippen LogP contribution in [0.1, 0.15) is 22.8 Å². The molecule has 0 saturated carbocycles. The third kappa shape index (κ3) is 2.94. The molecule has 0 aromatic heterocycles. The third-order valence-corrected chi connectivity index (χ3v) is 3.39. The van der Waals surface area contributed by atoms with Crippen molar-refractivity contribution in [1.82, 2.24) is 0 Å². The van der Waals surface area contributed by atoms with Crippen LogP contribution >= 0.6 is 11.6 Å². The van der Waals surface area contributed by atoms with Crippen LogP contribution in [0.2, 0.25) is 5.02 Å². The summed E-state index contributed by atoms with van der Waals surface area (Å²) in [6.45, 7) is 1.61. The van der Waals surface area contributed by atoms with Gasteiger partial charge in [-0.05, 0) is 24.6 Å². The smallest absolute Gasteiger partial charge is 0.131 e. The summed E-state index contributed by atoms with van der Waals surface area (Å²) in [6.07, 6.45) is -1.19. The normalized spacial score (nSPS) is 12.5. The Morgan fingerprint density at radius 2 is 1.84 bits per heavy atom. The number of aliphatic hydroxyl groups is 1. The Morgan fingerprint density at radius 3 is 2.53 bits per heavy atom. The van der Waals surface area contributed by atoms with E-state index in [9.17, 15) is 13.9 Å². The summed E-state index contributed by atoms with van der Waals surface area (Å²) in [4.78, 5) is 0. The van der Waals surface area contributed by atoms with Crippen molar-refractivity contribution in [2.24, 2.45) is 0 Å². The molecule has 0 bridgehead atoms. The van der Waals surface area contributed by atoms with Gasteiger partial charge in [-0.1, -0.05) is 35.9 Å². The summed E-state index contributed by atoms with van der Waals surface area (Å²) >= 11 is 5.89. The minimum atomic E-state index is -1.13. The van der Waals surface area contributed by atoms with Gasteiger partial charge in [0.15, 0.2) is 0 Å². The summed E-state index contributed by atoms with van der Waals surface area (Å²) in [7, 11) is 0. The maximum Gasteiger partial charge on any atom is 0.131 e. The quantitative estimate of drug-likeness (QED) is 0.894. The second-order valence-corrected chi connectivity index (χ2v) is 4.81. The first kappa shape index (κ1) is 14.0. The van der Waals surface area contributed by atoms with Crippen molar-refractivity contribution in [1.29, 1.82) is 0 Å². The van der Waals surface area contributed by atoms with Crippen LogP contribution in [0.5, 0.6) is 0 Å². The van der Waals surface area contributed by atoms with Gasteiger partial charge in [0.05, 0.1) is 6.10 Å². The SMILES string of the molecule is Cc1cccc(C(O)Cc2c(F)cccc2Cl)c1F. The van der Waals surface area contributed by atoms with E-state index in [0.717, 1.165) is 0 Å². The number of halogens is 3. The zero-order valence-corrected chi connectivity index (χ0v) is 11.1. The molecule has 0 fully saturated rings. The number of hydrogen-bond donors (Lipinski definition) is 1. The molecular weight excluding hydrogens is 270 g/mol. The van der Waals surface area contributed by atoms with Gasteiger partial charge in [-0.2, -0.15) is 0 Å². The molecule has 1 nitrogen and oxygen atoms in total. The van der Waals surface area contributed by atoms with Crippen molar-refractivity contribution in [3.05, 3.63) is 69.7 Å². The molecule has 0 radical (unpaired) electrons. The second-order valence-electron chi connectivity index (χ2n) is 4.40. The molecule has 4 heteroatoms. The van der Waals surface area contributed by atoms with Gasteiger partial charge < -0.3 is 5.11 Å². The molecule has 2 rings (SSSR count). The number of hydrogen-bond acceptors (Lipinski definition) is 1. The van der Waals surface area contributed by atoms with Crippen LogP contribution in [0.15, 0.2) is 36.4 Å². The molecule has 0 aliphatic rings. The molecule has 0 spiro atoms. The lowest BCUT2D eigenvalue weighted by Crippen LogP contribution is -2.07. The molecule has 0 heterocycles. The van der Waals surface area contributed by atoms with E-state index in [2.05, 4.69) is 0 Å². The average Bonchev–Trinajstić information content (AvgIpc) is 2.37. The third-order valence-electron chi connectivity index (χ3n) is 3.04. The van der Waals surface area contributed by atoms with E-state index < -0.39 is 17.7 Å². The maximum absolute atomic E-state index is 13.9. The Morgan fingerprint density at radius 1 is 1.16 bits per heavy atom.